The van der Waals surface area contributed by atoms with E-state index in [1.54, 1.807) is 37.8 Å². The smallest absolute Gasteiger partial charge is 0.252 e. The molecule has 1 N–H and O–H groups in total. The Morgan fingerprint density at radius 3 is 2.43 bits per heavy atom. The van der Waals surface area contributed by atoms with Crippen molar-refractivity contribution in [2.75, 3.05) is 0 Å². The van der Waals surface area contributed by atoms with E-state index in [9.17, 15) is 4.79 Å². The summed E-state index contributed by atoms with van der Waals surface area (Å²) in [5, 5.41) is 7.53. The van der Waals surface area contributed by atoms with Crippen molar-refractivity contribution in [2.24, 2.45) is 0 Å². The Bertz CT molecular complexity index is 1160. The molecule has 10 nitrogen and oxygen atoms in total. The van der Waals surface area contributed by atoms with Gasteiger partial charge in [-0.25, -0.2) is 24.9 Å². The summed E-state index contributed by atoms with van der Waals surface area (Å²) in [6.07, 6.45) is 7.80. The summed E-state index contributed by atoms with van der Waals surface area (Å²) in [4.78, 5) is 37.8. The predicted octanol–water partition coefficient (Wildman–Crippen LogP) is 2.71. The Morgan fingerprint density at radius 2 is 1.77 bits per heavy atom. The van der Waals surface area contributed by atoms with Gasteiger partial charge in [-0.05, 0) is 25.1 Å². The summed E-state index contributed by atoms with van der Waals surface area (Å²) in [6.45, 7) is 1.76. The molecule has 0 aromatic carbocycles. The number of halogens is 2. The predicted molar refractivity (Wildman–Crippen MR) is 108 cm³/mol. The Balaban J connectivity index is 1.69. The Morgan fingerprint density at radius 1 is 1.03 bits per heavy atom. The van der Waals surface area contributed by atoms with Crippen LogP contribution in [-0.4, -0.2) is 45.6 Å². The van der Waals surface area contributed by atoms with E-state index in [1.807, 2.05) is 0 Å². The third-order valence-corrected chi connectivity index (χ3v) is 4.31. The van der Waals surface area contributed by atoms with E-state index < -0.39 is 11.9 Å². The lowest BCUT2D eigenvalue weighted by atomic mass is 10.2. The molecule has 0 bridgehead atoms. The van der Waals surface area contributed by atoms with Crippen LogP contribution in [-0.2, 0) is 0 Å². The average Bonchev–Trinajstić information content (AvgIpc) is 3.20. The van der Waals surface area contributed by atoms with Gasteiger partial charge in [0.25, 0.3) is 11.9 Å². The quantitative estimate of drug-likeness (QED) is 0.468. The fourth-order valence-corrected chi connectivity index (χ4v) is 3.08. The maximum atomic E-state index is 12.7. The highest BCUT2D eigenvalue weighted by molar-refractivity contribution is 6.33. The van der Waals surface area contributed by atoms with Crippen LogP contribution in [0.25, 0.3) is 17.5 Å². The van der Waals surface area contributed by atoms with Crippen molar-refractivity contribution in [3.05, 3.63) is 70.9 Å². The van der Waals surface area contributed by atoms with E-state index >= 15 is 0 Å². The number of carbonyl (C=O) groups is 1. The summed E-state index contributed by atoms with van der Waals surface area (Å²) in [7, 11) is 0. The Labute approximate surface area is 180 Å². The van der Waals surface area contributed by atoms with Gasteiger partial charge in [0.05, 0.1) is 12.2 Å². The Hall–Kier alpha value is -3.50. The lowest BCUT2D eigenvalue weighted by Crippen LogP contribution is -2.29. The number of amides is 1. The molecule has 0 radical (unpaired) electrons. The minimum atomic E-state index is -0.565. The molecule has 12 heteroatoms. The van der Waals surface area contributed by atoms with E-state index in [2.05, 4.69) is 40.3 Å². The van der Waals surface area contributed by atoms with Gasteiger partial charge in [0, 0.05) is 30.4 Å². The molecule has 4 aromatic heterocycles. The molecule has 1 atom stereocenters. The van der Waals surface area contributed by atoms with Crippen molar-refractivity contribution in [2.45, 2.75) is 13.0 Å². The summed E-state index contributed by atoms with van der Waals surface area (Å²) < 4.78 is 1.45. The number of hydrogen-bond acceptors (Lipinski definition) is 8. The summed E-state index contributed by atoms with van der Waals surface area (Å²) in [6, 6.07) is 3.97. The summed E-state index contributed by atoms with van der Waals surface area (Å²) in [5.74, 6) is 0.618. The van der Waals surface area contributed by atoms with Crippen molar-refractivity contribution >= 4 is 29.1 Å². The van der Waals surface area contributed by atoms with E-state index in [0.717, 1.165) is 0 Å². The minimum absolute atomic E-state index is 0.117. The molecule has 0 aliphatic carbocycles. The normalized spacial score (nSPS) is 11.8. The second-order valence-electron chi connectivity index (χ2n) is 6.04. The molecule has 0 fully saturated rings. The first-order valence-electron chi connectivity index (χ1n) is 8.66. The van der Waals surface area contributed by atoms with Gasteiger partial charge < -0.3 is 5.32 Å². The molecule has 0 saturated carbocycles. The lowest BCUT2D eigenvalue weighted by Gasteiger charge is -2.14. The maximum absolute atomic E-state index is 12.7. The van der Waals surface area contributed by atoms with E-state index in [1.165, 1.54) is 23.0 Å². The fraction of sp³-hybridized carbons (Fsp3) is 0.111. The number of pyridine rings is 1. The second kappa shape index (κ2) is 8.47. The van der Waals surface area contributed by atoms with E-state index in [4.69, 9.17) is 23.2 Å². The summed E-state index contributed by atoms with van der Waals surface area (Å²) >= 11 is 11.8. The van der Waals surface area contributed by atoms with Crippen molar-refractivity contribution in [3.8, 4) is 17.5 Å². The van der Waals surface area contributed by atoms with Gasteiger partial charge in [-0.2, -0.15) is 4.68 Å². The van der Waals surface area contributed by atoms with Crippen LogP contribution in [0, 0.1) is 0 Å². The summed E-state index contributed by atoms with van der Waals surface area (Å²) in [5.41, 5.74) is 0.739. The zero-order chi connectivity index (χ0) is 21.1. The average molecular weight is 442 g/mol. The third kappa shape index (κ3) is 4.24. The molecule has 0 aliphatic rings. The molecule has 150 valence electrons. The third-order valence-electron chi connectivity index (χ3n) is 3.93. The number of rotatable bonds is 5. The second-order valence-corrected chi connectivity index (χ2v) is 6.82. The molecule has 0 spiro atoms. The largest absolute Gasteiger partial charge is 0.342 e. The van der Waals surface area contributed by atoms with Gasteiger partial charge in [-0.1, -0.05) is 23.2 Å². The van der Waals surface area contributed by atoms with Crippen LogP contribution in [0.2, 0.25) is 10.3 Å². The molecule has 30 heavy (non-hydrogen) atoms. The highest BCUT2D eigenvalue weighted by atomic mass is 35.5. The first-order valence-corrected chi connectivity index (χ1v) is 9.41. The van der Waals surface area contributed by atoms with E-state index in [-0.39, 0.29) is 15.9 Å². The van der Waals surface area contributed by atoms with Gasteiger partial charge in [0.2, 0.25) is 5.82 Å². The van der Waals surface area contributed by atoms with Crippen LogP contribution >= 0.6 is 23.2 Å². The zero-order valence-electron chi connectivity index (χ0n) is 15.4. The molecular weight excluding hydrogens is 429 g/mol. The number of hydrogen-bond donors (Lipinski definition) is 1. The number of aromatic nitrogens is 8. The molecular formula is C18H13Cl2N9O. The fourth-order valence-electron chi connectivity index (χ4n) is 2.62. The first-order chi connectivity index (χ1) is 14.5. The van der Waals surface area contributed by atoms with Crippen molar-refractivity contribution in [1.29, 1.82) is 0 Å². The van der Waals surface area contributed by atoms with Crippen LogP contribution in [0.15, 0.2) is 49.2 Å². The van der Waals surface area contributed by atoms with Crippen LogP contribution < -0.4 is 5.32 Å². The van der Waals surface area contributed by atoms with Crippen molar-refractivity contribution < 1.29 is 4.79 Å². The molecule has 4 rings (SSSR count). The van der Waals surface area contributed by atoms with Crippen LogP contribution in [0.1, 0.15) is 29.1 Å². The van der Waals surface area contributed by atoms with Gasteiger partial charge >= 0.3 is 0 Å². The first kappa shape index (κ1) is 19.8. The van der Waals surface area contributed by atoms with Crippen molar-refractivity contribution in [1.82, 2.24) is 45.0 Å². The zero-order valence-corrected chi connectivity index (χ0v) is 16.9. The van der Waals surface area contributed by atoms with Gasteiger partial charge in [0.1, 0.15) is 16.0 Å². The number of nitrogens with one attached hydrogen (secondary N) is 1. The molecule has 4 aromatic rings. The van der Waals surface area contributed by atoms with Gasteiger partial charge in [0.15, 0.2) is 5.82 Å². The SMILES string of the molecule is CC(NC(=O)c1cc(Cl)nc(Cl)c1)c1nc(-c2cnccn2)nn1-c1ncccn1. The molecule has 4 heterocycles. The highest BCUT2D eigenvalue weighted by Crippen LogP contribution is 2.20. The maximum Gasteiger partial charge on any atom is 0.252 e. The standard InChI is InChI=1S/C18H13Cl2N9O/c1-10(25-17(30)11-7-13(19)26-14(20)8-11)16-27-15(12-9-21-5-6-22-12)28-29(16)18-23-3-2-4-24-18/h2-10H,1H3,(H,25,30). The molecule has 0 saturated heterocycles. The molecule has 1 amide bonds. The minimum Gasteiger partial charge on any atom is -0.342 e. The molecule has 1 unspecified atom stereocenters. The van der Waals surface area contributed by atoms with Gasteiger partial charge in [-0.3, -0.25) is 9.78 Å². The van der Waals surface area contributed by atoms with Crippen LogP contribution in [0.5, 0.6) is 0 Å². The number of carbonyl (C=O) groups excluding carboxylic acids is 1. The topological polar surface area (TPSA) is 124 Å². The highest BCUT2D eigenvalue weighted by Gasteiger charge is 2.22. The van der Waals surface area contributed by atoms with Crippen molar-refractivity contribution in [3.63, 3.8) is 0 Å². The molecule has 0 aliphatic heterocycles. The monoisotopic (exact) mass is 441 g/mol. The van der Waals surface area contributed by atoms with Crippen LogP contribution in [0.4, 0.5) is 0 Å². The van der Waals surface area contributed by atoms with Gasteiger partial charge in [-0.15, -0.1) is 5.10 Å². The Kier molecular flexibility index (Phi) is 5.59. The lowest BCUT2D eigenvalue weighted by molar-refractivity contribution is 0.0937. The van der Waals surface area contributed by atoms with E-state index in [0.29, 0.717) is 23.3 Å². The van der Waals surface area contributed by atoms with Crippen LogP contribution in [0.3, 0.4) is 0 Å². The number of nitrogens with zero attached hydrogens (tertiary/aromatic N) is 8.